The molecule has 0 bridgehead atoms. The van der Waals surface area contributed by atoms with E-state index in [-0.39, 0.29) is 24.3 Å². The quantitative estimate of drug-likeness (QED) is 0.120. The summed E-state index contributed by atoms with van der Waals surface area (Å²) in [6.45, 7) is 9.05. The van der Waals surface area contributed by atoms with E-state index in [1.807, 2.05) is 44.2 Å². The van der Waals surface area contributed by atoms with E-state index in [0.29, 0.717) is 13.0 Å². The number of alkyl carbamates (subject to hydrolysis) is 2. The Labute approximate surface area is 272 Å². The van der Waals surface area contributed by atoms with Gasteiger partial charge in [0.1, 0.15) is 18.2 Å². The van der Waals surface area contributed by atoms with Crippen LogP contribution in [0.25, 0.3) is 0 Å². The van der Waals surface area contributed by atoms with Gasteiger partial charge in [-0.05, 0) is 42.6 Å². The van der Waals surface area contributed by atoms with Crippen molar-refractivity contribution in [1.82, 2.24) is 26.4 Å². The van der Waals surface area contributed by atoms with E-state index < -0.39 is 54.2 Å². The fourth-order valence-corrected chi connectivity index (χ4v) is 5.61. The van der Waals surface area contributed by atoms with Crippen LogP contribution in [0.4, 0.5) is 9.59 Å². The lowest BCUT2D eigenvalue weighted by molar-refractivity contribution is -0.151. The van der Waals surface area contributed by atoms with E-state index in [1.54, 1.807) is 18.9 Å². The maximum atomic E-state index is 13.6. The van der Waals surface area contributed by atoms with Crippen LogP contribution in [0.5, 0.6) is 0 Å². The number of amides is 4. The first-order valence-electron chi connectivity index (χ1n) is 16.1. The second-order valence-electron chi connectivity index (χ2n) is 12.6. The molecular formula is C33H53N5O8. The SMILES string of the molecule is COC(=O)N[C@H](C(=O)N[C@@H](Cc1ccccc1)[C@H](CN(CC1CCCCC1)NC(=O)[C@@H](NC(=O)OC)C(C)C)OC(C)=O)C(C)C. The first-order chi connectivity index (χ1) is 21.8. The van der Waals surface area contributed by atoms with Crippen molar-refractivity contribution < 1.29 is 38.2 Å². The standard InChI is InChI=1S/C33H53N5O8/c1-21(2)28(35-32(42)44-6)30(40)34-26(18-24-14-10-8-11-15-24)27(46-23(5)39)20-38(19-25-16-12-9-13-17-25)37-31(41)29(22(3)4)36-33(43)45-7/h8,10-11,14-15,21-22,25-29H,9,12-13,16-20H2,1-7H3,(H,34,40)(H,35,42)(H,36,43)(H,37,41)/t26-,27-,28-,29-/m0/s1. The van der Waals surface area contributed by atoms with Gasteiger partial charge in [0.15, 0.2) is 0 Å². The summed E-state index contributed by atoms with van der Waals surface area (Å²) in [5, 5.41) is 9.94. The third-order valence-corrected chi connectivity index (χ3v) is 8.08. The number of hydrogen-bond donors (Lipinski definition) is 4. The van der Waals surface area contributed by atoms with Crippen molar-refractivity contribution in [3.8, 4) is 0 Å². The Kier molecular flexibility index (Phi) is 16.3. The Hall–Kier alpha value is -3.87. The summed E-state index contributed by atoms with van der Waals surface area (Å²) in [5.74, 6) is -1.70. The number of rotatable bonds is 16. The predicted molar refractivity (Wildman–Crippen MR) is 172 cm³/mol. The zero-order valence-corrected chi connectivity index (χ0v) is 28.3. The van der Waals surface area contributed by atoms with Gasteiger partial charge in [-0.3, -0.25) is 19.8 Å². The van der Waals surface area contributed by atoms with Crippen molar-refractivity contribution in [2.45, 2.75) is 97.4 Å². The average Bonchev–Trinajstić information content (AvgIpc) is 3.01. The number of esters is 1. The van der Waals surface area contributed by atoms with Gasteiger partial charge in [-0.2, -0.15) is 0 Å². The Morgan fingerprint density at radius 3 is 1.85 bits per heavy atom. The maximum absolute atomic E-state index is 13.6. The van der Waals surface area contributed by atoms with Gasteiger partial charge in [0.2, 0.25) is 5.91 Å². The number of nitrogens with one attached hydrogen (secondary N) is 4. The molecule has 0 saturated heterocycles. The van der Waals surface area contributed by atoms with Gasteiger partial charge >= 0.3 is 18.2 Å². The molecular weight excluding hydrogens is 594 g/mol. The molecule has 2 rings (SSSR count). The molecule has 4 amide bonds. The van der Waals surface area contributed by atoms with Gasteiger partial charge < -0.3 is 30.2 Å². The van der Waals surface area contributed by atoms with Crippen LogP contribution >= 0.6 is 0 Å². The van der Waals surface area contributed by atoms with E-state index in [4.69, 9.17) is 14.2 Å². The number of hydrazine groups is 1. The predicted octanol–water partition coefficient (Wildman–Crippen LogP) is 3.32. The van der Waals surface area contributed by atoms with Crippen LogP contribution in [0.1, 0.15) is 72.3 Å². The Balaban J connectivity index is 2.46. The van der Waals surface area contributed by atoms with Crippen molar-refractivity contribution in [3.63, 3.8) is 0 Å². The summed E-state index contributed by atoms with van der Waals surface area (Å²) in [4.78, 5) is 63.8. The van der Waals surface area contributed by atoms with E-state index in [9.17, 15) is 24.0 Å². The van der Waals surface area contributed by atoms with E-state index in [0.717, 1.165) is 37.7 Å². The second kappa shape index (κ2) is 19.6. The van der Waals surface area contributed by atoms with Gasteiger partial charge in [-0.15, -0.1) is 0 Å². The Morgan fingerprint density at radius 2 is 1.35 bits per heavy atom. The number of ether oxygens (including phenoxy) is 3. The minimum atomic E-state index is -0.919. The highest BCUT2D eigenvalue weighted by Gasteiger charge is 2.35. The number of hydrogen-bond acceptors (Lipinski definition) is 9. The summed E-state index contributed by atoms with van der Waals surface area (Å²) in [7, 11) is 2.45. The summed E-state index contributed by atoms with van der Waals surface area (Å²) in [6.07, 6.45) is 3.21. The molecule has 13 heteroatoms. The lowest BCUT2D eigenvalue weighted by Crippen LogP contribution is -2.60. The fourth-order valence-electron chi connectivity index (χ4n) is 5.61. The number of benzene rings is 1. The number of carbonyl (C=O) groups is 5. The van der Waals surface area contributed by atoms with Crippen LogP contribution in [0.2, 0.25) is 0 Å². The normalized spacial score (nSPS) is 16.1. The molecule has 1 fully saturated rings. The lowest BCUT2D eigenvalue weighted by Gasteiger charge is -2.36. The molecule has 1 aliphatic carbocycles. The fraction of sp³-hybridized carbons (Fsp3) is 0.667. The van der Waals surface area contributed by atoms with Crippen LogP contribution in [-0.2, 0) is 35.0 Å². The topological polar surface area (TPSA) is 164 Å². The monoisotopic (exact) mass is 647 g/mol. The van der Waals surface area contributed by atoms with Crippen molar-refractivity contribution in [3.05, 3.63) is 35.9 Å². The van der Waals surface area contributed by atoms with Gasteiger partial charge in [0.05, 0.1) is 26.8 Å². The van der Waals surface area contributed by atoms with E-state index in [2.05, 4.69) is 21.4 Å². The third-order valence-electron chi connectivity index (χ3n) is 8.08. The lowest BCUT2D eigenvalue weighted by atomic mass is 9.89. The van der Waals surface area contributed by atoms with Gasteiger partial charge in [0, 0.05) is 13.5 Å². The molecule has 1 aliphatic rings. The molecule has 0 spiro atoms. The van der Waals surface area contributed by atoms with Gasteiger partial charge in [-0.1, -0.05) is 77.3 Å². The smallest absolute Gasteiger partial charge is 0.407 e. The van der Waals surface area contributed by atoms with Gasteiger partial charge in [-0.25, -0.2) is 14.6 Å². The van der Waals surface area contributed by atoms with Crippen molar-refractivity contribution in [2.24, 2.45) is 17.8 Å². The van der Waals surface area contributed by atoms with Crippen molar-refractivity contribution in [2.75, 3.05) is 27.3 Å². The van der Waals surface area contributed by atoms with Gasteiger partial charge in [0.25, 0.3) is 5.91 Å². The molecule has 1 aromatic carbocycles. The summed E-state index contributed by atoms with van der Waals surface area (Å²) in [5.41, 5.74) is 3.86. The van der Waals surface area contributed by atoms with Crippen LogP contribution in [0, 0.1) is 17.8 Å². The minimum absolute atomic E-state index is 0.0550. The molecule has 0 heterocycles. The van der Waals surface area contributed by atoms with Crippen LogP contribution in [0.15, 0.2) is 30.3 Å². The molecule has 1 saturated carbocycles. The Bertz CT molecular complexity index is 1130. The molecule has 4 N–H and O–H groups in total. The molecule has 13 nitrogen and oxygen atoms in total. The highest BCUT2D eigenvalue weighted by atomic mass is 16.5. The molecule has 0 aliphatic heterocycles. The first kappa shape index (κ1) is 38.3. The zero-order valence-electron chi connectivity index (χ0n) is 28.3. The number of carbonyl (C=O) groups excluding carboxylic acids is 5. The molecule has 0 radical (unpaired) electrons. The zero-order chi connectivity index (χ0) is 34.2. The molecule has 0 aromatic heterocycles. The van der Waals surface area contributed by atoms with Crippen LogP contribution in [-0.4, -0.2) is 86.5 Å². The maximum Gasteiger partial charge on any atom is 0.407 e. The highest BCUT2D eigenvalue weighted by Crippen LogP contribution is 2.25. The third kappa shape index (κ3) is 13.2. The molecule has 1 aromatic rings. The van der Waals surface area contributed by atoms with E-state index in [1.165, 1.54) is 21.1 Å². The molecule has 46 heavy (non-hydrogen) atoms. The van der Waals surface area contributed by atoms with Crippen LogP contribution in [0.3, 0.4) is 0 Å². The molecule has 4 atom stereocenters. The second-order valence-corrected chi connectivity index (χ2v) is 12.6. The first-order valence-corrected chi connectivity index (χ1v) is 16.1. The number of methoxy groups -OCH3 is 2. The summed E-state index contributed by atoms with van der Waals surface area (Å²) < 4.78 is 15.3. The molecule has 258 valence electrons. The minimum Gasteiger partial charge on any atom is -0.459 e. The van der Waals surface area contributed by atoms with Crippen LogP contribution < -0.4 is 21.4 Å². The van der Waals surface area contributed by atoms with Crippen molar-refractivity contribution in [1.29, 1.82) is 0 Å². The Morgan fingerprint density at radius 1 is 0.804 bits per heavy atom. The molecule has 0 unspecified atom stereocenters. The average molecular weight is 648 g/mol. The van der Waals surface area contributed by atoms with Crippen molar-refractivity contribution >= 4 is 30.0 Å². The number of nitrogens with zero attached hydrogens (tertiary/aromatic N) is 1. The highest BCUT2D eigenvalue weighted by molar-refractivity contribution is 5.86. The summed E-state index contributed by atoms with van der Waals surface area (Å²) in [6, 6.07) is 6.90. The largest absolute Gasteiger partial charge is 0.459 e. The van der Waals surface area contributed by atoms with E-state index >= 15 is 0 Å². The summed E-state index contributed by atoms with van der Waals surface area (Å²) >= 11 is 0.